The lowest BCUT2D eigenvalue weighted by molar-refractivity contribution is -0.123. The minimum absolute atomic E-state index is 0.127. The average molecular weight is 389 g/mol. The summed E-state index contributed by atoms with van der Waals surface area (Å²) >= 11 is 0. The summed E-state index contributed by atoms with van der Waals surface area (Å²) in [6.45, 7) is 1.24. The van der Waals surface area contributed by atoms with Crippen LogP contribution in [-0.4, -0.2) is 40.1 Å². The minimum atomic E-state index is -0.621. The molecule has 2 heterocycles. The Hall–Kier alpha value is -3.35. The van der Waals surface area contributed by atoms with Gasteiger partial charge < -0.3 is 15.2 Å². The van der Waals surface area contributed by atoms with Crippen LogP contribution in [0.5, 0.6) is 0 Å². The number of nitrogens with one attached hydrogen (secondary N) is 2. The number of anilines is 1. The largest absolute Gasteiger partial charge is 0.352 e. The van der Waals surface area contributed by atoms with E-state index in [4.69, 9.17) is 0 Å². The van der Waals surface area contributed by atoms with Crippen LogP contribution < -0.4 is 15.5 Å². The van der Waals surface area contributed by atoms with Gasteiger partial charge in [0.25, 0.3) is 0 Å². The van der Waals surface area contributed by atoms with E-state index in [1.165, 1.54) is 0 Å². The molecule has 0 spiro atoms. The zero-order valence-corrected chi connectivity index (χ0v) is 16.0. The first-order valence-corrected chi connectivity index (χ1v) is 10.1. The Labute approximate surface area is 168 Å². The molecule has 1 atom stereocenters. The van der Waals surface area contributed by atoms with Gasteiger partial charge in [0, 0.05) is 25.6 Å². The molecule has 0 saturated heterocycles. The standard InChI is InChI=1S/C22H23N5O2/c28-20(23-16-10-11-16)18(14-15-6-2-1-3-7-15)25-22(29)27-13-12-26-19-9-5-4-8-17(19)24-21(26)27/h1-9,16,18H,10-14H2,(H,23,28)(H,25,29). The van der Waals surface area contributed by atoms with Crippen molar-refractivity contribution in [2.75, 3.05) is 11.4 Å². The number of fused-ring (bicyclic) bond motifs is 3. The maximum absolute atomic E-state index is 13.1. The number of benzene rings is 2. The lowest BCUT2D eigenvalue weighted by Crippen LogP contribution is -2.52. The van der Waals surface area contributed by atoms with Crippen LogP contribution in [0.15, 0.2) is 54.6 Å². The van der Waals surface area contributed by atoms with Gasteiger partial charge in [-0.3, -0.25) is 9.69 Å². The number of carbonyl (C=O) groups is 2. The monoisotopic (exact) mass is 389 g/mol. The quantitative estimate of drug-likeness (QED) is 0.704. The normalized spacial score (nSPS) is 16.5. The van der Waals surface area contributed by atoms with E-state index in [1.54, 1.807) is 4.90 Å². The number of hydrogen-bond donors (Lipinski definition) is 2. The summed E-state index contributed by atoms with van der Waals surface area (Å²) in [6, 6.07) is 17.0. The van der Waals surface area contributed by atoms with Crippen LogP contribution in [0.3, 0.4) is 0 Å². The second kappa shape index (κ2) is 7.24. The molecule has 3 aromatic rings. The molecule has 1 fully saturated rings. The van der Waals surface area contributed by atoms with E-state index in [0.717, 1.165) is 29.4 Å². The summed E-state index contributed by atoms with van der Waals surface area (Å²) in [7, 11) is 0. The molecule has 1 unspecified atom stereocenters. The van der Waals surface area contributed by atoms with Crippen molar-refractivity contribution in [3.8, 4) is 0 Å². The number of amides is 3. The molecule has 1 aliphatic heterocycles. The van der Waals surface area contributed by atoms with Crippen molar-refractivity contribution in [3.05, 3.63) is 60.2 Å². The van der Waals surface area contributed by atoms with Crippen LogP contribution >= 0.6 is 0 Å². The topological polar surface area (TPSA) is 79.3 Å². The fourth-order valence-electron chi connectivity index (χ4n) is 3.80. The lowest BCUT2D eigenvalue weighted by atomic mass is 10.1. The number of nitrogens with zero attached hydrogens (tertiary/aromatic N) is 3. The van der Waals surface area contributed by atoms with Gasteiger partial charge in [0.2, 0.25) is 11.9 Å². The summed E-state index contributed by atoms with van der Waals surface area (Å²) in [5.41, 5.74) is 2.90. The second-order valence-corrected chi connectivity index (χ2v) is 7.68. The molecule has 3 amide bonds. The maximum atomic E-state index is 13.1. The average Bonchev–Trinajstić information content (AvgIpc) is 3.33. The summed E-state index contributed by atoms with van der Waals surface area (Å²) in [5, 5.41) is 5.96. The number of imidazole rings is 1. The summed E-state index contributed by atoms with van der Waals surface area (Å²) in [6.07, 6.45) is 2.47. The third-order valence-electron chi connectivity index (χ3n) is 5.49. The number of aromatic nitrogens is 2. The van der Waals surface area contributed by atoms with Crippen molar-refractivity contribution in [3.63, 3.8) is 0 Å². The molecular weight excluding hydrogens is 366 g/mol. The molecular formula is C22H23N5O2. The number of rotatable bonds is 5. The summed E-state index contributed by atoms with van der Waals surface area (Å²) in [4.78, 5) is 32.1. The first kappa shape index (κ1) is 17.7. The molecule has 1 aliphatic carbocycles. The van der Waals surface area contributed by atoms with Gasteiger partial charge in [-0.1, -0.05) is 42.5 Å². The van der Waals surface area contributed by atoms with Gasteiger partial charge in [0.05, 0.1) is 11.0 Å². The van der Waals surface area contributed by atoms with Gasteiger partial charge in [0.15, 0.2) is 0 Å². The highest BCUT2D eigenvalue weighted by Gasteiger charge is 2.33. The van der Waals surface area contributed by atoms with Crippen LogP contribution in [0.25, 0.3) is 11.0 Å². The molecule has 148 valence electrons. The first-order chi connectivity index (χ1) is 14.2. The molecule has 7 heteroatoms. The van der Waals surface area contributed by atoms with E-state index >= 15 is 0 Å². The lowest BCUT2D eigenvalue weighted by Gasteiger charge is -2.22. The second-order valence-electron chi connectivity index (χ2n) is 7.68. The number of para-hydroxylation sites is 2. The third kappa shape index (κ3) is 3.55. The summed E-state index contributed by atoms with van der Waals surface area (Å²) < 4.78 is 2.05. The van der Waals surface area contributed by atoms with Crippen LogP contribution in [0.4, 0.5) is 10.7 Å². The molecule has 1 aromatic heterocycles. The van der Waals surface area contributed by atoms with Gasteiger partial charge in [-0.05, 0) is 30.5 Å². The summed E-state index contributed by atoms with van der Waals surface area (Å²) in [5.74, 6) is 0.502. The molecule has 0 radical (unpaired) electrons. The van der Waals surface area contributed by atoms with Crippen LogP contribution in [-0.2, 0) is 17.8 Å². The Morgan fingerprint density at radius 2 is 1.79 bits per heavy atom. The van der Waals surface area contributed by atoms with Crippen LogP contribution in [0.2, 0.25) is 0 Å². The highest BCUT2D eigenvalue weighted by Crippen LogP contribution is 2.27. The van der Waals surface area contributed by atoms with Gasteiger partial charge in [-0.15, -0.1) is 0 Å². The fourth-order valence-corrected chi connectivity index (χ4v) is 3.80. The predicted molar refractivity (Wildman–Crippen MR) is 111 cm³/mol. The molecule has 2 aliphatic rings. The molecule has 29 heavy (non-hydrogen) atoms. The molecule has 0 bridgehead atoms. The predicted octanol–water partition coefficient (Wildman–Crippen LogP) is 2.46. The van der Waals surface area contributed by atoms with Crippen molar-refractivity contribution < 1.29 is 9.59 Å². The van der Waals surface area contributed by atoms with E-state index in [2.05, 4.69) is 15.6 Å². The number of carbonyl (C=O) groups excluding carboxylic acids is 2. The number of hydrogen-bond acceptors (Lipinski definition) is 3. The Balaban J connectivity index is 1.36. The van der Waals surface area contributed by atoms with Crippen molar-refractivity contribution >= 4 is 28.9 Å². The molecule has 2 N–H and O–H groups in total. The first-order valence-electron chi connectivity index (χ1n) is 10.1. The molecule has 1 saturated carbocycles. The zero-order chi connectivity index (χ0) is 19.8. The Morgan fingerprint density at radius 1 is 1.03 bits per heavy atom. The van der Waals surface area contributed by atoms with Crippen LogP contribution in [0, 0.1) is 0 Å². The molecule has 2 aromatic carbocycles. The van der Waals surface area contributed by atoms with Gasteiger partial charge >= 0.3 is 6.03 Å². The highest BCUT2D eigenvalue weighted by atomic mass is 16.2. The fraction of sp³-hybridized carbons (Fsp3) is 0.318. The highest BCUT2D eigenvalue weighted by molar-refractivity contribution is 5.96. The minimum Gasteiger partial charge on any atom is -0.352 e. The Kier molecular flexibility index (Phi) is 4.42. The van der Waals surface area contributed by atoms with E-state index in [9.17, 15) is 9.59 Å². The van der Waals surface area contributed by atoms with E-state index in [-0.39, 0.29) is 18.0 Å². The Bertz CT molecular complexity index is 1060. The molecule has 5 rings (SSSR count). The molecule has 7 nitrogen and oxygen atoms in total. The third-order valence-corrected chi connectivity index (χ3v) is 5.49. The maximum Gasteiger partial charge on any atom is 0.324 e. The van der Waals surface area contributed by atoms with Crippen molar-refractivity contribution in [1.82, 2.24) is 20.2 Å². The van der Waals surface area contributed by atoms with Crippen molar-refractivity contribution in [1.29, 1.82) is 0 Å². The van der Waals surface area contributed by atoms with E-state index in [1.807, 2.05) is 59.2 Å². The van der Waals surface area contributed by atoms with E-state index < -0.39 is 6.04 Å². The zero-order valence-electron chi connectivity index (χ0n) is 16.0. The SMILES string of the molecule is O=C(NC1CC1)C(Cc1ccccc1)NC(=O)N1CCn2c1nc1ccccc12. The van der Waals surface area contributed by atoms with Gasteiger partial charge in [-0.25, -0.2) is 9.78 Å². The van der Waals surface area contributed by atoms with Gasteiger partial charge in [0.1, 0.15) is 6.04 Å². The Morgan fingerprint density at radius 3 is 2.59 bits per heavy atom. The van der Waals surface area contributed by atoms with Crippen molar-refractivity contribution in [2.24, 2.45) is 0 Å². The van der Waals surface area contributed by atoms with Gasteiger partial charge in [-0.2, -0.15) is 0 Å². The van der Waals surface area contributed by atoms with Crippen molar-refractivity contribution in [2.45, 2.75) is 37.9 Å². The number of urea groups is 1. The smallest absolute Gasteiger partial charge is 0.324 e. The van der Waals surface area contributed by atoms with Crippen LogP contribution in [0.1, 0.15) is 18.4 Å². The van der Waals surface area contributed by atoms with E-state index in [0.29, 0.717) is 25.5 Å².